The number of hydrazine groups is 1. The average molecular weight is 566 g/mol. The number of aromatic nitrogens is 4. The largest absolute Gasteiger partial charge is 0.407 e. The molecule has 5 N–H and O–H groups in total. The lowest BCUT2D eigenvalue weighted by molar-refractivity contribution is -0.143. The Hall–Kier alpha value is -3.60. The van der Waals surface area contributed by atoms with Crippen molar-refractivity contribution in [3.05, 3.63) is 47.6 Å². The molecular formula is C26H35F4N9O. The predicted octanol–water partition coefficient (Wildman–Crippen LogP) is 4.09. The number of nitrogens with two attached hydrogens (primary N) is 2. The maximum Gasteiger partial charge on any atom is 0.407 e. The highest BCUT2D eigenvalue weighted by Crippen LogP contribution is 2.54. The first kappa shape index (κ1) is 29.4. The van der Waals surface area contributed by atoms with E-state index in [4.69, 9.17) is 16.8 Å². The lowest BCUT2D eigenvalue weighted by Crippen LogP contribution is -2.41. The maximum atomic E-state index is 15.7. The minimum Gasteiger partial charge on any atom is -0.403 e. The van der Waals surface area contributed by atoms with E-state index in [-0.39, 0.29) is 36.1 Å². The van der Waals surface area contributed by atoms with Gasteiger partial charge in [-0.1, -0.05) is 0 Å². The van der Waals surface area contributed by atoms with Crippen LogP contribution in [0.4, 0.5) is 17.6 Å². The van der Waals surface area contributed by atoms with E-state index < -0.39 is 36.7 Å². The van der Waals surface area contributed by atoms with E-state index in [1.807, 2.05) is 19.9 Å². The number of nitriles is 1. The molecule has 0 aliphatic heterocycles. The molecule has 4 rings (SSSR count). The highest BCUT2D eigenvalue weighted by molar-refractivity contribution is 5.92. The molecule has 10 nitrogen and oxygen atoms in total. The van der Waals surface area contributed by atoms with Gasteiger partial charge in [0.25, 0.3) is 5.91 Å². The molecule has 0 aromatic carbocycles. The lowest BCUT2D eigenvalue weighted by atomic mass is 9.86. The van der Waals surface area contributed by atoms with Crippen molar-refractivity contribution in [3.8, 4) is 6.07 Å². The lowest BCUT2D eigenvalue weighted by Gasteiger charge is -2.29. The summed E-state index contributed by atoms with van der Waals surface area (Å²) in [5.41, 5.74) is 5.98. The van der Waals surface area contributed by atoms with Gasteiger partial charge in [0.15, 0.2) is 0 Å². The van der Waals surface area contributed by atoms with E-state index >= 15 is 4.39 Å². The maximum absolute atomic E-state index is 15.7. The van der Waals surface area contributed by atoms with Gasteiger partial charge in [0.05, 0.1) is 23.8 Å². The highest BCUT2D eigenvalue weighted by Gasteiger charge is 2.48. The molecule has 2 aromatic heterocycles. The van der Waals surface area contributed by atoms with Crippen LogP contribution in [0.1, 0.15) is 86.5 Å². The summed E-state index contributed by atoms with van der Waals surface area (Å²) in [7, 11) is 0. The summed E-state index contributed by atoms with van der Waals surface area (Å²) >= 11 is 0. The monoisotopic (exact) mass is 565 g/mol. The molecule has 218 valence electrons. The number of hydrogen-bond donors (Lipinski definition) is 3. The van der Waals surface area contributed by atoms with Crippen molar-refractivity contribution in [1.82, 2.24) is 29.9 Å². The molecule has 2 heterocycles. The minimum absolute atomic E-state index is 0.00900. The van der Waals surface area contributed by atoms with Gasteiger partial charge >= 0.3 is 6.18 Å². The van der Waals surface area contributed by atoms with Gasteiger partial charge in [-0.2, -0.15) is 27.9 Å². The molecular weight excluding hydrogens is 530 g/mol. The van der Waals surface area contributed by atoms with Crippen LogP contribution in [0, 0.1) is 35.0 Å². The van der Waals surface area contributed by atoms with Crippen molar-refractivity contribution in [1.29, 1.82) is 5.26 Å². The van der Waals surface area contributed by atoms with E-state index in [0.29, 0.717) is 22.5 Å². The normalized spacial score (nSPS) is 17.6. The van der Waals surface area contributed by atoms with Crippen molar-refractivity contribution in [3.63, 3.8) is 0 Å². The van der Waals surface area contributed by atoms with Crippen LogP contribution < -0.4 is 16.9 Å². The van der Waals surface area contributed by atoms with Gasteiger partial charge in [-0.25, -0.2) is 5.84 Å². The first-order chi connectivity index (χ1) is 18.9. The number of allylic oxidation sites excluding steroid dienone is 1. The van der Waals surface area contributed by atoms with Crippen LogP contribution in [0.15, 0.2) is 30.4 Å². The Balaban J connectivity index is 1.71. The van der Waals surface area contributed by atoms with E-state index in [9.17, 15) is 18.0 Å². The molecule has 0 radical (unpaired) electrons. The topological polar surface area (TPSA) is 144 Å². The second-order valence-corrected chi connectivity index (χ2v) is 10.9. The van der Waals surface area contributed by atoms with E-state index in [0.717, 1.165) is 36.6 Å². The Morgan fingerprint density at radius 3 is 2.48 bits per heavy atom. The molecule has 2 saturated carbocycles. The third kappa shape index (κ3) is 6.75. The molecule has 1 amide bonds. The fourth-order valence-electron chi connectivity index (χ4n) is 5.45. The number of amides is 1. The molecule has 0 spiro atoms. The Bertz CT molecular complexity index is 1240. The molecule has 0 bridgehead atoms. The first-order valence-electron chi connectivity index (χ1n) is 13.4. The van der Waals surface area contributed by atoms with Crippen molar-refractivity contribution in [2.45, 2.75) is 76.7 Å². The van der Waals surface area contributed by atoms with Crippen LogP contribution >= 0.6 is 0 Å². The summed E-state index contributed by atoms with van der Waals surface area (Å²) in [6.45, 7) is 2.29. The summed E-state index contributed by atoms with van der Waals surface area (Å²) in [5.74, 6) is 5.06. The SMILES string of the molecule is CC(C)n1nccc1C(=O)NC(c1cn(C(CCC#N)/C(=C/N)N(N)CC(F)(F)F)nc1F)C(C1CC1)C1CC1. The van der Waals surface area contributed by atoms with Gasteiger partial charge in [0.2, 0.25) is 5.95 Å². The summed E-state index contributed by atoms with van der Waals surface area (Å²) in [6, 6.07) is 1.71. The highest BCUT2D eigenvalue weighted by atomic mass is 19.4. The zero-order chi connectivity index (χ0) is 29.2. The van der Waals surface area contributed by atoms with E-state index in [1.165, 1.54) is 12.4 Å². The quantitative estimate of drug-likeness (QED) is 0.189. The van der Waals surface area contributed by atoms with Crippen LogP contribution in [0.25, 0.3) is 0 Å². The summed E-state index contributed by atoms with van der Waals surface area (Å²) in [5, 5.41) is 20.9. The Morgan fingerprint density at radius 1 is 1.30 bits per heavy atom. The molecule has 2 aliphatic rings. The summed E-state index contributed by atoms with van der Waals surface area (Å²) < 4.78 is 57.7. The molecule has 40 heavy (non-hydrogen) atoms. The Labute approximate surface area is 229 Å². The average Bonchev–Trinajstić information content (AvgIpc) is 3.80. The second-order valence-electron chi connectivity index (χ2n) is 10.9. The predicted molar refractivity (Wildman–Crippen MR) is 137 cm³/mol. The molecule has 2 fully saturated rings. The number of alkyl halides is 3. The number of nitrogens with zero attached hydrogens (tertiary/aromatic N) is 6. The third-order valence-electron chi connectivity index (χ3n) is 7.49. The van der Waals surface area contributed by atoms with Gasteiger partial charge in [0, 0.05) is 36.6 Å². The van der Waals surface area contributed by atoms with Crippen molar-refractivity contribution < 1.29 is 22.4 Å². The van der Waals surface area contributed by atoms with Gasteiger partial charge < -0.3 is 16.1 Å². The summed E-state index contributed by atoms with van der Waals surface area (Å²) in [4.78, 5) is 13.5. The van der Waals surface area contributed by atoms with Crippen molar-refractivity contribution in [2.24, 2.45) is 29.3 Å². The van der Waals surface area contributed by atoms with Gasteiger partial charge in [0.1, 0.15) is 12.2 Å². The van der Waals surface area contributed by atoms with Crippen LogP contribution in [0.3, 0.4) is 0 Å². The fourth-order valence-corrected chi connectivity index (χ4v) is 5.45. The Kier molecular flexibility index (Phi) is 8.72. The molecule has 2 atom stereocenters. The molecule has 0 saturated heterocycles. The van der Waals surface area contributed by atoms with E-state index in [2.05, 4.69) is 15.5 Å². The number of nitrogens with one attached hydrogen (secondary N) is 1. The zero-order valence-corrected chi connectivity index (χ0v) is 22.5. The van der Waals surface area contributed by atoms with Gasteiger partial charge in [-0.15, -0.1) is 5.10 Å². The molecule has 2 aliphatic carbocycles. The number of carbonyl (C=O) groups excluding carboxylic acids is 1. The molecule has 14 heteroatoms. The van der Waals surface area contributed by atoms with E-state index in [1.54, 1.807) is 10.7 Å². The van der Waals surface area contributed by atoms with Gasteiger partial charge in [-0.05, 0) is 69.8 Å². The number of hydrogen-bond acceptors (Lipinski definition) is 7. The van der Waals surface area contributed by atoms with Crippen molar-refractivity contribution in [2.75, 3.05) is 6.54 Å². The number of carbonyl (C=O) groups is 1. The molecule has 2 unspecified atom stereocenters. The van der Waals surface area contributed by atoms with Gasteiger partial charge in [-0.3, -0.25) is 14.2 Å². The van der Waals surface area contributed by atoms with Crippen LogP contribution in [-0.4, -0.2) is 43.2 Å². The standard InChI is InChI=1S/C26H35F4N9O/c1-15(2)39-20(9-11-34-39)25(40)35-23(22(16-5-6-16)17-7-8-17)18-13-38(36-24(18)27)19(4-3-10-31)21(12-32)37(33)14-26(28,29)30/h9,11-13,15-17,19,22-23H,3-8,14,32-33H2,1-2H3,(H,35,40)/b21-12-. The Morgan fingerprint density at radius 2 is 1.95 bits per heavy atom. The van der Waals surface area contributed by atoms with Crippen LogP contribution in [0.5, 0.6) is 0 Å². The minimum atomic E-state index is -4.62. The summed E-state index contributed by atoms with van der Waals surface area (Å²) in [6.07, 6.45) is 3.02. The van der Waals surface area contributed by atoms with Crippen LogP contribution in [0.2, 0.25) is 0 Å². The van der Waals surface area contributed by atoms with Crippen molar-refractivity contribution >= 4 is 5.91 Å². The second kappa shape index (κ2) is 11.9. The zero-order valence-electron chi connectivity index (χ0n) is 22.5. The number of halogens is 4. The molecule has 2 aromatic rings. The first-order valence-corrected chi connectivity index (χ1v) is 13.4. The van der Waals surface area contributed by atoms with Crippen LogP contribution in [-0.2, 0) is 0 Å². The fraction of sp³-hybridized carbons (Fsp3) is 0.615. The smallest absolute Gasteiger partial charge is 0.403 e. The number of rotatable bonds is 13. The third-order valence-corrected chi connectivity index (χ3v) is 7.49.